The molecule has 0 aliphatic rings. The molecule has 0 heterocycles. The number of urea groups is 1. The fourth-order valence-corrected chi connectivity index (χ4v) is 1.73. The Hall–Kier alpha value is -1.26. The van der Waals surface area contributed by atoms with E-state index in [1.54, 1.807) is 12.1 Å². The van der Waals surface area contributed by atoms with E-state index in [0.29, 0.717) is 24.5 Å². The van der Waals surface area contributed by atoms with E-state index < -0.39 is 6.10 Å². The van der Waals surface area contributed by atoms with Crippen molar-refractivity contribution in [1.82, 2.24) is 10.6 Å². The van der Waals surface area contributed by atoms with Crippen molar-refractivity contribution in [3.8, 4) is 0 Å². The number of hydrogen-bond donors (Lipinski definition) is 3. The Bertz CT molecular complexity index is 426. The van der Waals surface area contributed by atoms with Crippen LogP contribution in [0, 0.1) is 5.41 Å². The smallest absolute Gasteiger partial charge is 0.315 e. The van der Waals surface area contributed by atoms with Crippen molar-refractivity contribution in [1.29, 1.82) is 0 Å². The molecule has 0 bridgehead atoms. The zero-order valence-corrected chi connectivity index (χ0v) is 13.0. The Balaban J connectivity index is 2.22. The SMILES string of the molecule is CC(C)(C)[C@H](O)CCNC(=O)NCc1ccc(Cl)cc1. The van der Waals surface area contributed by atoms with Crippen molar-refractivity contribution in [2.24, 2.45) is 5.41 Å². The van der Waals surface area contributed by atoms with E-state index in [1.807, 2.05) is 32.9 Å². The minimum absolute atomic E-state index is 0.165. The molecular formula is C15H23ClN2O2. The molecule has 4 nitrogen and oxygen atoms in total. The van der Waals surface area contributed by atoms with E-state index in [9.17, 15) is 9.90 Å². The van der Waals surface area contributed by atoms with Gasteiger partial charge in [-0.1, -0.05) is 44.5 Å². The first kappa shape index (κ1) is 16.8. The molecule has 1 atom stereocenters. The average molecular weight is 299 g/mol. The third kappa shape index (κ3) is 6.26. The summed E-state index contributed by atoms with van der Waals surface area (Å²) in [4.78, 5) is 11.6. The second-order valence-corrected chi connectivity index (χ2v) is 6.34. The first-order valence-corrected chi connectivity index (χ1v) is 7.11. The zero-order valence-electron chi connectivity index (χ0n) is 12.2. The van der Waals surface area contributed by atoms with Gasteiger partial charge in [0.25, 0.3) is 0 Å². The van der Waals surface area contributed by atoms with Gasteiger partial charge in [-0.3, -0.25) is 0 Å². The largest absolute Gasteiger partial charge is 0.393 e. The summed E-state index contributed by atoms with van der Waals surface area (Å²) in [6.45, 7) is 6.81. The average Bonchev–Trinajstić information content (AvgIpc) is 2.37. The number of halogens is 1. The van der Waals surface area contributed by atoms with Crippen LogP contribution in [0.5, 0.6) is 0 Å². The maximum atomic E-state index is 11.6. The summed E-state index contributed by atoms with van der Waals surface area (Å²) in [5.74, 6) is 0. The molecule has 0 radical (unpaired) electrons. The van der Waals surface area contributed by atoms with Crippen LogP contribution in [0.3, 0.4) is 0 Å². The lowest BCUT2D eigenvalue weighted by Crippen LogP contribution is -2.38. The number of carbonyl (C=O) groups is 1. The number of amides is 2. The molecule has 0 saturated carbocycles. The molecule has 3 N–H and O–H groups in total. The van der Waals surface area contributed by atoms with Gasteiger partial charge in [-0.25, -0.2) is 4.79 Å². The highest BCUT2D eigenvalue weighted by atomic mass is 35.5. The Morgan fingerprint density at radius 2 is 1.85 bits per heavy atom. The van der Waals surface area contributed by atoms with Gasteiger partial charge in [0.15, 0.2) is 0 Å². The van der Waals surface area contributed by atoms with Crippen molar-refractivity contribution >= 4 is 17.6 Å². The Morgan fingerprint density at radius 3 is 2.40 bits per heavy atom. The van der Waals surface area contributed by atoms with E-state index in [1.165, 1.54) is 0 Å². The van der Waals surface area contributed by atoms with Crippen LogP contribution in [-0.4, -0.2) is 23.8 Å². The van der Waals surface area contributed by atoms with Crippen LogP contribution in [0.2, 0.25) is 5.02 Å². The topological polar surface area (TPSA) is 61.4 Å². The first-order valence-electron chi connectivity index (χ1n) is 6.73. The van der Waals surface area contributed by atoms with Crippen molar-refractivity contribution in [3.63, 3.8) is 0 Å². The molecule has 0 aliphatic heterocycles. The summed E-state index contributed by atoms with van der Waals surface area (Å²) in [7, 11) is 0. The molecule has 112 valence electrons. The maximum absolute atomic E-state index is 11.6. The van der Waals surface area contributed by atoms with Gasteiger partial charge >= 0.3 is 6.03 Å². The number of aliphatic hydroxyl groups excluding tert-OH is 1. The molecule has 0 fully saturated rings. The second-order valence-electron chi connectivity index (χ2n) is 5.91. The molecule has 0 aliphatic carbocycles. The van der Waals surface area contributed by atoms with Crippen LogP contribution >= 0.6 is 11.6 Å². The molecule has 0 saturated heterocycles. The lowest BCUT2D eigenvalue weighted by molar-refractivity contribution is 0.0564. The normalized spacial score (nSPS) is 12.8. The van der Waals surface area contributed by atoms with Gasteiger partial charge in [0, 0.05) is 18.1 Å². The monoisotopic (exact) mass is 298 g/mol. The van der Waals surface area contributed by atoms with E-state index in [4.69, 9.17) is 11.6 Å². The molecule has 0 spiro atoms. The summed E-state index contributed by atoms with van der Waals surface area (Å²) in [5, 5.41) is 16.0. The van der Waals surface area contributed by atoms with Crippen LogP contribution in [0.15, 0.2) is 24.3 Å². The molecule has 2 amide bonds. The molecule has 1 aromatic carbocycles. The van der Waals surface area contributed by atoms with Crippen LogP contribution in [0.25, 0.3) is 0 Å². The van der Waals surface area contributed by atoms with Gasteiger partial charge in [0.05, 0.1) is 6.10 Å². The minimum Gasteiger partial charge on any atom is -0.393 e. The highest BCUT2D eigenvalue weighted by Crippen LogP contribution is 2.20. The molecule has 0 aromatic heterocycles. The summed E-state index contributed by atoms with van der Waals surface area (Å²) in [5.41, 5.74) is 0.820. The lowest BCUT2D eigenvalue weighted by atomic mass is 9.87. The molecule has 0 unspecified atom stereocenters. The van der Waals surface area contributed by atoms with E-state index >= 15 is 0 Å². The predicted molar refractivity (Wildman–Crippen MR) is 81.8 cm³/mol. The molecule has 5 heteroatoms. The number of nitrogens with one attached hydrogen (secondary N) is 2. The van der Waals surface area contributed by atoms with Gasteiger partial charge in [-0.15, -0.1) is 0 Å². The summed E-state index contributed by atoms with van der Waals surface area (Å²) < 4.78 is 0. The fraction of sp³-hybridized carbons (Fsp3) is 0.533. The highest BCUT2D eigenvalue weighted by Gasteiger charge is 2.21. The highest BCUT2D eigenvalue weighted by molar-refractivity contribution is 6.30. The summed E-state index contributed by atoms with van der Waals surface area (Å²) in [6, 6.07) is 7.07. The third-order valence-electron chi connectivity index (χ3n) is 3.07. The maximum Gasteiger partial charge on any atom is 0.315 e. The molecule has 20 heavy (non-hydrogen) atoms. The fourth-order valence-electron chi connectivity index (χ4n) is 1.60. The van der Waals surface area contributed by atoms with Gasteiger partial charge < -0.3 is 15.7 Å². The minimum atomic E-state index is -0.431. The Kier molecular flexibility index (Phi) is 6.30. The van der Waals surface area contributed by atoms with Crippen molar-refractivity contribution in [2.75, 3.05) is 6.54 Å². The van der Waals surface area contributed by atoms with Gasteiger partial charge in [-0.05, 0) is 29.5 Å². The quantitative estimate of drug-likeness (QED) is 0.783. The van der Waals surface area contributed by atoms with Crippen molar-refractivity contribution in [3.05, 3.63) is 34.9 Å². The summed E-state index contributed by atoms with van der Waals surface area (Å²) >= 11 is 5.79. The lowest BCUT2D eigenvalue weighted by Gasteiger charge is -2.25. The van der Waals surface area contributed by atoms with Gasteiger partial charge in [-0.2, -0.15) is 0 Å². The van der Waals surface area contributed by atoms with E-state index in [-0.39, 0.29) is 11.4 Å². The number of carbonyl (C=O) groups excluding carboxylic acids is 1. The third-order valence-corrected chi connectivity index (χ3v) is 3.32. The van der Waals surface area contributed by atoms with Crippen LogP contribution in [-0.2, 0) is 6.54 Å². The van der Waals surface area contributed by atoms with Gasteiger partial charge in [0.1, 0.15) is 0 Å². The molecule has 1 aromatic rings. The number of rotatable bonds is 5. The number of aliphatic hydroxyl groups is 1. The predicted octanol–water partition coefficient (Wildman–Crippen LogP) is 2.94. The summed E-state index contributed by atoms with van der Waals surface area (Å²) in [6.07, 6.45) is 0.108. The van der Waals surface area contributed by atoms with Gasteiger partial charge in [0.2, 0.25) is 0 Å². The zero-order chi connectivity index (χ0) is 15.2. The second kappa shape index (κ2) is 7.50. The number of hydrogen-bond acceptors (Lipinski definition) is 2. The Labute approximate surface area is 125 Å². The first-order chi connectivity index (χ1) is 9.29. The van der Waals surface area contributed by atoms with Crippen molar-refractivity contribution in [2.45, 2.75) is 39.8 Å². The van der Waals surface area contributed by atoms with Crippen LogP contribution in [0.4, 0.5) is 4.79 Å². The standard InChI is InChI=1S/C15H23ClN2O2/c1-15(2,3)13(19)8-9-17-14(20)18-10-11-4-6-12(16)7-5-11/h4-7,13,19H,8-10H2,1-3H3,(H2,17,18,20)/t13-/m1/s1. The molecular weight excluding hydrogens is 276 g/mol. The number of benzene rings is 1. The van der Waals surface area contributed by atoms with Crippen LogP contribution < -0.4 is 10.6 Å². The van der Waals surface area contributed by atoms with Crippen molar-refractivity contribution < 1.29 is 9.90 Å². The molecule has 1 rings (SSSR count). The van der Waals surface area contributed by atoms with E-state index in [2.05, 4.69) is 10.6 Å². The van der Waals surface area contributed by atoms with E-state index in [0.717, 1.165) is 5.56 Å². The Morgan fingerprint density at radius 1 is 1.25 bits per heavy atom. The van der Waals surface area contributed by atoms with Crippen LogP contribution in [0.1, 0.15) is 32.8 Å².